The zero-order chi connectivity index (χ0) is 10.6. The molecule has 1 heterocycles. The number of aldehydes is 1. The number of carbonyl (C=O) groups excluding carboxylic acids is 1. The number of hydrogen-bond acceptors (Lipinski definition) is 5. The van der Waals surface area contributed by atoms with Gasteiger partial charge in [0.15, 0.2) is 6.29 Å². The quantitative estimate of drug-likeness (QED) is 0.652. The van der Waals surface area contributed by atoms with Crippen molar-refractivity contribution in [3.05, 3.63) is 23.5 Å². The van der Waals surface area contributed by atoms with Gasteiger partial charge in [-0.25, -0.2) is 4.98 Å². The van der Waals surface area contributed by atoms with Gasteiger partial charge >= 0.3 is 0 Å². The summed E-state index contributed by atoms with van der Waals surface area (Å²) in [5.74, 6) is 0.550. The summed E-state index contributed by atoms with van der Waals surface area (Å²) in [6.07, 6.45) is 0.659. The Hall–Kier alpha value is -1.46. The normalized spacial score (nSPS) is 12.2. The Morgan fingerprint density at radius 3 is 2.86 bits per heavy atom. The van der Waals surface area contributed by atoms with E-state index in [-0.39, 0.29) is 6.54 Å². The number of methoxy groups -OCH3 is 1. The molecule has 0 aromatic carbocycles. The average molecular weight is 195 g/mol. The lowest BCUT2D eigenvalue weighted by Crippen LogP contribution is -2.23. The van der Waals surface area contributed by atoms with Crippen LogP contribution in [0.2, 0.25) is 0 Å². The molecule has 76 valence electrons. The molecule has 0 radical (unpaired) electrons. The molecule has 1 rings (SSSR count). The molecular weight excluding hydrogens is 182 g/mol. The monoisotopic (exact) mass is 195 g/mol. The number of carbonyl (C=O) groups is 1. The smallest absolute Gasteiger partial charge is 0.168 e. The number of hydrogen-bond donors (Lipinski definition) is 2. The second-order valence-electron chi connectivity index (χ2n) is 2.78. The average Bonchev–Trinajstić information content (AvgIpc) is 2.27. The lowest BCUT2D eigenvalue weighted by Gasteiger charge is -2.12. The summed E-state index contributed by atoms with van der Waals surface area (Å²) in [6.45, 7) is 0.256. The maximum Gasteiger partial charge on any atom is 0.168 e. The molecule has 1 unspecified atom stereocenters. The van der Waals surface area contributed by atoms with Crippen LogP contribution in [-0.4, -0.2) is 24.9 Å². The van der Waals surface area contributed by atoms with E-state index in [9.17, 15) is 4.79 Å². The summed E-state index contributed by atoms with van der Waals surface area (Å²) in [5, 5.41) is 0. The highest BCUT2D eigenvalue weighted by Crippen LogP contribution is 2.20. The Labute approximate surface area is 82.1 Å². The number of nitrogens with zero attached hydrogens (tertiary/aromatic N) is 1. The first-order valence-electron chi connectivity index (χ1n) is 4.18. The summed E-state index contributed by atoms with van der Waals surface area (Å²) in [7, 11) is 1.52. The predicted octanol–water partition coefficient (Wildman–Crippen LogP) is -0.139. The Bertz CT molecular complexity index is 328. The van der Waals surface area contributed by atoms with Crippen LogP contribution in [0.25, 0.3) is 0 Å². The highest BCUT2D eigenvalue weighted by atomic mass is 16.5. The van der Waals surface area contributed by atoms with E-state index in [1.165, 1.54) is 7.11 Å². The van der Waals surface area contributed by atoms with Crippen molar-refractivity contribution in [3.63, 3.8) is 0 Å². The highest BCUT2D eigenvalue weighted by Gasteiger charge is 2.12. The first-order valence-corrected chi connectivity index (χ1v) is 4.18. The van der Waals surface area contributed by atoms with Crippen LogP contribution in [0.3, 0.4) is 0 Å². The fourth-order valence-electron chi connectivity index (χ4n) is 1.09. The van der Waals surface area contributed by atoms with Crippen molar-refractivity contribution in [1.29, 1.82) is 0 Å². The molecule has 0 saturated carbocycles. The summed E-state index contributed by atoms with van der Waals surface area (Å²) in [4.78, 5) is 14.5. The van der Waals surface area contributed by atoms with E-state index >= 15 is 0 Å². The number of aromatic nitrogens is 1. The molecule has 0 spiro atoms. The molecule has 0 fully saturated rings. The maximum atomic E-state index is 10.5. The number of pyridine rings is 1. The minimum Gasteiger partial charge on any atom is -0.495 e. The standard InChI is InChI=1S/C9H13N3O2/c1-14-8-3-2-6(5-13)12-9(8)7(11)4-10/h2-3,5,7H,4,10-11H2,1H3. The third-order valence-corrected chi connectivity index (χ3v) is 1.85. The molecule has 0 aliphatic rings. The molecule has 1 aromatic rings. The lowest BCUT2D eigenvalue weighted by molar-refractivity contribution is 0.111. The summed E-state index contributed by atoms with van der Waals surface area (Å²) in [5.41, 5.74) is 12.0. The van der Waals surface area contributed by atoms with E-state index in [0.717, 1.165) is 0 Å². The van der Waals surface area contributed by atoms with Gasteiger partial charge < -0.3 is 16.2 Å². The molecule has 0 bridgehead atoms. The third kappa shape index (κ3) is 2.07. The number of rotatable bonds is 4. The summed E-state index contributed by atoms with van der Waals surface area (Å²) >= 11 is 0. The van der Waals surface area contributed by atoms with Crippen LogP contribution in [0.5, 0.6) is 5.75 Å². The van der Waals surface area contributed by atoms with E-state index in [0.29, 0.717) is 23.4 Å². The van der Waals surface area contributed by atoms with E-state index in [1.807, 2.05) is 0 Å². The van der Waals surface area contributed by atoms with Gasteiger partial charge in [-0.1, -0.05) is 0 Å². The topological polar surface area (TPSA) is 91.2 Å². The van der Waals surface area contributed by atoms with E-state index in [1.54, 1.807) is 12.1 Å². The Morgan fingerprint density at radius 2 is 2.36 bits per heavy atom. The van der Waals surface area contributed by atoms with Gasteiger partial charge in [0.25, 0.3) is 0 Å². The number of nitrogens with two attached hydrogens (primary N) is 2. The van der Waals surface area contributed by atoms with Crippen LogP contribution in [0.4, 0.5) is 0 Å². The van der Waals surface area contributed by atoms with Crippen LogP contribution in [0.1, 0.15) is 22.2 Å². The Morgan fingerprint density at radius 1 is 1.64 bits per heavy atom. The Balaban J connectivity index is 3.14. The molecular formula is C9H13N3O2. The van der Waals surface area contributed by atoms with Crippen molar-refractivity contribution in [3.8, 4) is 5.75 Å². The Kier molecular flexibility index (Phi) is 3.55. The van der Waals surface area contributed by atoms with Gasteiger partial charge in [0.2, 0.25) is 0 Å². The van der Waals surface area contributed by atoms with E-state index in [4.69, 9.17) is 16.2 Å². The SMILES string of the molecule is COc1ccc(C=O)nc1C(N)CN. The largest absolute Gasteiger partial charge is 0.495 e. The first kappa shape index (κ1) is 10.6. The van der Waals surface area contributed by atoms with Crippen molar-refractivity contribution in [1.82, 2.24) is 4.98 Å². The molecule has 5 nitrogen and oxygen atoms in total. The minimum atomic E-state index is -0.412. The molecule has 1 aromatic heterocycles. The van der Waals surface area contributed by atoms with Crippen molar-refractivity contribution < 1.29 is 9.53 Å². The van der Waals surface area contributed by atoms with Crippen molar-refractivity contribution in [2.45, 2.75) is 6.04 Å². The van der Waals surface area contributed by atoms with Crippen LogP contribution in [0.15, 0.2) is 12.1 Å². The second-order valence-corrected chi connectivity index (χ2v) is 2.78. The molecule has 1 atom stereocenters. The zero-order valence-corrected chi connectivity index (χ0v) is 7.93. The van der Waals surface area contributed by atoms with Gasteiger partial charge in [-0.05, 0) is 12.1 Å². The van der Waals surface area contributed by atoms with Crippen LogP contribution < -0.4 is 16.2 Å². The third-order valence-electron chi connectivity index (χ3n) is 1.85. The lowest BCUT2D eigenvalue weighted by atomic mass is 10.1. The fraction of sp³-hybridized carbons (Fsp3) is 0.333. The zero-order valence-electron chi connectivity index (χ0n) is 7.93. The van der Waals surface area contributed by atoms with Crippen molar-refractivity contribution >= 4 is 6.29 Å². The van der Waals surface area contributed by atoms with Gasteiger partial charge in [-0.3, -0.25) is 4.79 Å². The van der Waals surface area contributed by atoms with Crippen LogP contribution >= 0.6 is 0 Å². The number of ether oxygens (including phenoxy) is 1. The van der Waals surface area contributed by atoms with E-state index < -0.39 is 6.04 Å². The molecule has 0 amide bonds. The van der Waals surface area contributed by atoms with Crippen molar-refractivity contribution in [2.24, 2.45) is 11.5 Å². The van der Waals surface area contributed by atoms with Gasteiger partial charge in [-0.15, -0.1) is 0 Å². The fourth-order valence-corrected chi connectivity index (χ4v) is 1.09. The molecule has 0 aliphatic carbocycles. The molecule has 4 N–H and O–H groups in total. The van der Waals surface area contributed by atoms with Crippen LogP contribution in [0, 0.1) is 0 Å². The highest BCUT2D eigenvalue weighted by molar-refractivity contribution is 5.72. The van der Waals surface area contributed by atoms with Gasteiger partial charge in [0.05, 0.1) is 13.2 Å². The maximum absolute atomic E-state index is 10.5. The van der Waals surface area contributed by atoms with Crippen molar-refractivity contribution in [2.75, 3.05) is 13.7 Å². The van der Waals surface area contributed by atoms with Gasteiger partial charge in [0, 0.05) is 6.54 Å². The van der Waals surface area contributed by atoms with Crippen LogP contribution in [-0.2, 0) is 0 Å². The molecule has 14 heavy (non-hydrogen) atoms. The van der Waals surface area contributed by atoms with Gasteiger partial charge in [0.1, 0.15) is 17.1 Å². The summed E-state index contributed by atoms with van der Waals surface area (Å²) < 4.78 is 5.05. The van der Waals surface area contributed by atoms with E-state index in [2.05, 4.69) is 4.98 Å². The predicted molar refractivity (Wildman–Crippen MR) is 52.2 cm³/mol. The summed E-state index contributed by atoms with van der Waals surface area (Å²) in [6, 6.07) is 2.81. The molecule has 5 heteroatoms. The van der Waals surface area contributed by atoms with Gasteiger partial charge in [-0.2, -0.15) is 0 Å². The molecule has 0 aliphatic heterocycles. The molecule has 0 saturated heterocycles. The second kappa shape index (κ2) is 4.69. The minimum absolute atomic E-state index is 0.256. The first-order chi connectivity index (χ1) is 6.72.